The minimum absolute atomic E-state index is 0.0861. The Hall–Kier alpha value is -1.39. The lowest BCUT2D eigenvalue weighted by atomic mass is 10.0. The molecule has 1 rings (SSSR count). The standard InChI is InChI=1S/C17H29N3O/c1-13(2)9-16(12-20(3)4)19-17(21)10-14-5-7-15(11-18)8-6-14/h5-8,13,16H,9-12,18H2,1-4H3,(H,19,21). The Kier molecular flexibility index (Phi) is 7.40. The third-order valence-electron chi connectivity index (χ3n) is 3.33. The van der Waals surface area contributed by atoms with Crippen LogP contribution in [0.15, 0.2) is 24.3 Å². The molecule has 4 nitrogen and oxygen atoms in total. The van der Waals surface area contributed by atoms with E-state index in [2.05, 4.69) is 24.1 Å². The first-order valence-corrected chi connectivity index (χ1v) is 7.62. The van der Waals surface area contributed by atoms with Crippen LogP contribution in [0.5, 0.6) is 0 Å². The predicted octanol–water partition coefficient (Wildman–Crippen LogP) is 1.78. The number of hydrogen-bond acceptors (Lipinski definition) is 3. The molecule has 3 N–H and O–H groups in total. The highest BCUT2D eigenvalue weighted by molar-refractivity contribution is 5.78. The van der Waals surface area contributed by atoms with Crippen molar-refractivity contribution in [2.75, 3.05) is 20.6 Å². The largest absolute Gasteiger partial charge is 0.352 e. The SMILES string of the molecule is CC(C)CC(CN(C)C)NC(=O)Cc1ccc(CN)cc1. The van der Waals surface area contributed by atoms with Crippen molar-refractivity contribution in [2.24, 2.45) is 11.7 Å². The Morgan fingerprint density at radius 1 is 1.19 bits per heavy atom. The van der Waals surface area contributed by atoms with Gasteiger partial charge in [0, 0.05) is 19.1 Å². The summed E-state index contributed by atoms with van der Waals surface area (Å²) in [6.07, 6.45) is 1.42. The Bertz CT molecular complexity index is 416. The molecule has 0 radical (unpaired) electrons. The van der Waals surface area contributed by atoms with E-state index in [-0.39, 0.29) is 11.9 Å². The number of carbonyl (C=O) groups is 1. The number of rotatable bonds is 8. The quantitative estimate of drug-likeness (QED) is 0.767. The van der Waals surface area contributed by atoms with Crippen molar-refractivity contribution in [3.8, 4) is 0 Å². The zero-order valence-electron chi connectivity index (χ0n) is 13.7. The highest BCUT2D eigenvalue weighted by atomic mass is 16.1. The maximum absolute atomic E-state index is 12.2. The number of amides is 1. The first-order chi connectivity index (χ1) is 9.90. The van der Waals surface area contributed by atoms with Gasteiger partial charge >= 0.3 is 0 Å². The van der Waals surface area contributed by atoms with Gasteiger partial charge in [-0.15, -0.1) is 0 Å². The molecule has 4 heteroatoms. The van der Waals surface area contributed by atoms with Crippen molar-refractivity contribution in [1.29, 1.82) is 0 Å². The predicted molar refractivity (Wildman–Crippen MR) is 88.0 cm³/mol. The molecule has 1 aromatic rings. The van der Waals surface area contributed by atoms with Gasteiger partial charge < -0.3 is 16.0 Å². The fourth-order valence-corrected chi connectivity index (χ4v) is 2.45. The van der Waals surface area contributed by atoms with Crippen LogP contribution >= 0.6 is 0 Å². The minimum Gasteiger partial charge on any atom is -0.352 e. The Morgan fingerprint density at radius 3 is 2.24 bits per heavy atom. The van der Waals surface area contributed by atoms with Gasteiger partial charge in [0.05, 0.1) is 6.42 Å². The van der Waals surface area contributed by atoms with Crippen molar-refractivity contribution in [3.63, 3.8) is 0 Å². The first-order valence-electron chi connectivity index (χ1n) is 7.62. The average Bonchev–Trinajstić information content (AvgIpc) is 2.37. The molecule has 1 amide bonds. The Balaban J connectivity index is 2.55. The molecular weight excluding hydrogens is 262 g/mol. The second-order valence-electron chi connectivity index (χ2n) is 6.35. The summed E-state index contributed by atoms with van der Waals surface area (Å²) < 4.78 is 0. The van der Waals surface area contributed by atoms with Gasteiger partial charge in [-0.1, -0.05) is 38.1 Å². The lowest BCUT2D eigenvalue weighted by molar-refractivity contribution is -0.121. The van der Waals surface area contributed by atoms with Crippen LogP contribution in [-0.4, -0.2) is 37.5 Å². The van der Waals surface area contributed by atoms with E-state index in [1.165, 1.54) is 0 Å². The molecule has 1 atom stereocenters. The van der Waals surface area contributed by atoms with E-state index in [0.717, 1.165) is 24.1 Å². The molecule has 0 aliphatic carbocycles. The molecule has 21 heavy (non-hydrogen) atoms. The average molecular weight is 291 g/mol. The molecule has 0 aliphatic heterocycles. The number of carbonyl (C=O) groups excluding carboxylic acids is 1. The van der Waals surface area contributed by atoms with Crippen LogP contribution in [0.4, 0.5) is 0 Å². The minimum atomic E-state index is 0.0861. The summed E-state index contributed by atoms with van der Waals surface area (Å²) in [7, 11) is 4.07. The lowest BCUT2D eigenvalue weighted by Crippen LogP contribution is -2.43. The van der Waals surface area contributed by atoms with E-state index in [1.807, 2.05) is 38.4 Å². The molecule has 0 heterocycles. The van der Waals surface area contributed by atoms with E-state index in [1.54, 1.807) is 0 Å². The van der Waals surface area contributed by atoms with Crippen molar-refractivity contribution in [2.45, 2.75) is 39.3 Å². The first kappa shape index (κ1) is 17.7. The van der Waals surface area contributed by atoms with Crippen molar-refractivity contribution < 1.29 is 4.79 Å². The third-order valence-corrected chi connectivity index (χ3v) is 3.33. The van der Waals surface area contributed by atoms with Gasteiger partial charge in [0.25, 0.3) is 0 Å². The molecule has 0 bridgehead atoms. The van der Waals surface area contributed by atoms with Crippen LogP contribution < -0.4 is 11.1 Å². The zero-order valence-corrected chi connectivity index (χ0v) is 13.7. The summed E-state index contributed by atoms with van der Waals surface area (Å²) in [5, 5.41) is 3.15. The van der Waals surface area contributed by atoms with Crippen molar-refractivity contribution >= 4 is 5.91 Å². The van der Waals surface area contributed by atoms with Crippen LogP contribution in [0.1, 0.15) is 31.4 Å². The van der Waals surface area contributed by atoms with E-state index < -0.39 is 0 Å². The van der Waals surface area contributed by atoms with E-state index in [9.17, 15) is 4.79 Å². The maximum atomic E-state index is 12.2. The van der Waals surface area contributed by atoms with Crippen LogP contribution in [0.2, 0.25) is 0 Å². The second-order valence-corrected chi connectivity index (χ2v) is 6.35. The van der Waals surface area contributed by atoms with Crippen molar-refractivity contribution in [1.82, 2.24) is 10.2 Å². The number of nitrogens with one attached hydrogen (secondary N) is 1. The normalized spacial score (nSPS) is 12.7. The van der Waals surface area contributed by atoms with Crippen LogP contribution in [0, 0.1) is 5.92 Å². The molecule has 0 aliphatic rings. The monoisotopic (exact) mass is 291 g/mol. The van der Waals surface area contributed by atoms with Gasteiger partial charge in [-0.2, -0.15) is 0 Å². The van der Waals surface area contributed by atoms with Gasteiger partial charge in [0.2, 0.25) is 5.91 Å². The van der Waals surface area contributed by atoms with E-state index >= 15 is 0 Å². The molecule has 0 fully saturated rings. The summed E-state index contributed by atoms with van der Waals surface area (Å²) in [6.45, 7) is 5.77. The number of likely N-dealkylation sites (N-methyl/N-ethyl adjacent to an activating group) is 1. The summed E-state index contributed by atoms with van der Waals surface area (Å²) in [5.74, 6) is 0.655. The van der Waals surface area contributed by atoms with Gasteiger partial charge in [-0.3, -0.25) is 4.79 Å². The fraction of sp³-hybridized carbons (Fsp3) is 0.588. The molecule has 0 saturated heterocycles. The second kappa shape index (κ2) is 8.80. The highest BCUT2D eigenvalue weighted by Crippen LogP contribution is 2.08. The molecule has 1 aromatic carbocycles. The Labute approximate surface area is 128 Å². The molecule has 118 valence electrons. The molecule has 0 saturated carbocycles. The zero-order chi connectivity index (χ0) is 15.8. The van der Waals surface area contributed by atoms with E-state index in [4.69, 9.17) is 5.73 Å². The lowest BCUT2D eigenvalue weighted by Gasteiger charge is -2.24. The van der Waals surface area contributed by atoms with Gasteiger partial charge in [0.15, 0.2) is 0 Å². The van der Waals surface area contributed by atoms with E-state index in [0.29, 0.717) is 18.9 Å². The van der Waals surface area contributed by atoms with Gasteiger partial charge in [-0.25, -0.2) is 0 Å². The third kappa shape index (κ3) is 7.25. The van der Waals surface area contributed by atoms with Crippen LogP contribution in [0.25, 0.3) is 0 Å². The van der Waals surface area contributed by atoms with Crippen LogP contribution in [-0.2, 0) is 17.8 Å². The number of nitrogens with two attached hydrogens (primary N) is 1. The van der Waals surface area contributed by atoms with Crippen molar-refractivity contribution in [3.05, 3.63) is 35.4 Å². The number of nitrogens with zero attached hydrogens (tertiary/aromatic N) is 1. The molecule has 0 aromatic heterocycles. The molecule has 1 unspecified atom stereocenters. The van der Waals surface area contributed by atoms with Gasteiger partial charge in [-0.05, 0) is 37.6 Å². The molecule has 0 spiro atoms. The fourth-order valence-electron chi connectivity index (χ4n) is 2.45. The molecular formula is C17H29N3O. The Morgan fingerprint density at radius 2 is 1.76 bits per heavy atom. The summed E-state index contributed by atoms with van der Waals surface area (Å²) in [4.78, 5) is 14.3. The topological polar surface area (TPSA) is 58.4 Å². The highest BCUT2D eigenvalue weighted by Gasteiger charge is 2.15. The number of benzene rings is 1. The van der Waals surface area contributed by atoms with Gasteiger partial charge in [0.1, 0.15) is 0 Å². The van der Waals surface area contributed by atoms with Crippen LogP contribution in [0.3, 0.4) is 0 Å². The summed E-state index contributed by atoms with van der Waals surface area (Å²) in [5.41, 5.74) is 7.69. The summed E-state index contributed by atoms with van der Waals surface area (Å²) in [6, 6.07) is 8.12. The number of hydrogen-bond donors (Lipinski definition) is 2. The summed E-state index contributed by atoms with van der Waals surface area (Å²) >= 11 is 0. The smallest absolute Gasteiger partial charge is 0.224 e. The maximum Gasteiger partial charge on any atom is 0.224 e.